The zero-order valence-corrected chi connectivity index (χ0v) is 16.5. The van der Waals surface area contributed by atoms with E-state index in [4.69, 9.17) is 9.26 Å². The largest absolute Gasteiger partial charge is 0.445 e. The first kappa shape index (κ1) is 21.5. The zero-order chi connectivity index (χ0) is 17.8. The number of carbonyl (C=O) groups is 2. The van der Waals surface area contributed by atoms with Crippen LogP contribution < -0.4 is 0 Å². The lowest BCUT2D eigenvalue weighted by Gasteiger charge is -2.39. The highest BCUT2D eigenvalue weighted by atomic mass is 31.1. The van der Waals surface area contributed by atoms with Gasteiger partial charge >= 0.3 is 0 Å². The first-order chi connectivity index (χ1) is 9.70. The molecular formula is C17H33O4P. The molecule has 0 aliphatic carbocycles. The van der Waals surface area contributed by atoms with Crippen molar-refractivity contribution in [1.82, 2.24) is 0 Å². The second-order valence-electron chi connectivity index (χ2n) is 8.66. The van der Waals surface area contributed by atoms with Crippen LogP contribution in [0.2, 0.25) is 0 Å². The molecule has 0 aliphatic heterocycles. The van der Waals surface area contributed by atoms with Crippen molar-refractivity contribution in [3.63, 3.8) is 0 Å². The highest BCUT2D eigenvalue weighted by Gasteiger charge is 2.42. The van der Waals surface area contributed by atoms with E-state index >= 15 is 0 Å². The van der Waals surface area contributed by atoms with E-state index in [0.717, 1.165) is 6.42 Å². The number of Topliss-reactive ketones (excluding diaryl/α,β-unsaturated/α-hetero) is 1. The summed E-state index contributed by atoms with van der Waals surface area (Å²) in [4.78, 5) is 23.4. The van der Waals surface area contributed by atoms with Crippen LogP contribution in [0.25, 0.3) is 0 Å². The van der Waals surface area contributed by atoms with Crippen LogP contribution in [0.3, 0.4) is 0 Å². The molecule has 0 saturated carbocycles. The van der Waals surface area contributed by atoms with E-state index in [9.17, 15) is 9.59 Å². The summed E-state index contributed by atoms with van der Waals surface area (Å²) in [5, 5.41) is 0. The predicted octanol–water partition coefficient (Wildman–Crippen LogP) is 4.61. The number of hydrogen-bond acceptors (Lipinski definition) is 4. The molecule has 0 heterocycles. The monoisotopic (exact) mass is 332 g/mol. The third-order valence-corrected chi connectivity index (χ3v) is 4.54. The van der Waals surface area contributed by atoms with Crippen molar-refractivity contribution in [2.24, 2.45) is 16.7 Å². The molecule has 0 aliphatic rings. The van der Waals surface area contributed by atoms with E-state index in [1.54, 1.807) is 20.5 Å². The van der Waals surface area contributed by atoms with Crippen LogP contribution in [-0.2, 0) is 18.8 Å². The van der Waals surface area contributed by atoms with Crippen molar-refractivity contribution in [3.8, 4) is 0 Å². The van der Waals surface area contributed by atoms with Crippen molar-refractivity contribution in [3.05, 3.63) is 0 Å². The maximum absolute atomic E-state index is 13.0. The smallest absolute Gasteiger partial charge is 0.295 e. The normalized spacial score (nSPS) is 16.0. The summed E-state index contributed by atoms with van der Waals surface area (Å²) in [5.41, 5.74) is -0.936. The van der Waals surface area contributed by atoms with Gasteiger partial charge in [-0.2, -0.15) is 0 Å². The first-order valence-electron chi connectivity index (χ1n) is 7.70. The highest BCUT2D eigenvalue weighted by molar-refractivity contribution is 7.51. The van der Waals surface area contributed by atoms with Crippen molar-refractivity contribution < 1.29 is 18.8 Å². The van der Waals surface area contributed by atoms with Gasteiger partial charge < -0.3 is 9.26 Å². The molecule has 0 saturated heterocycles. The second-order valence-corrected chi connectivity index (χ2v) is 10.4. The molecule has 5 heteroatoms. The Morgan fingerprint density at radius 3 is 1.95 bits per heavy atom. The van der Waals surface area contributed by atoms with E-state index in [1.807, 2.05) is 0 Å². The van der Waals surface area contributed by atoms with Gasteiger partial charge in [-0.3, -0.25) is 9.59 Å². The predicted molar refractivity (Wildman–Crippen MR) is 92.0 cm³/mol. The van der Waals surface area contributed by atoms with E-state index in [-0.39, 0.29) is 28.9 Å². The van der Waals surface area contributed by atoms with Gasteiger partial charge in [0.05, 0.1) is 0 Å². The van der Waals surface area contributed by atoms with Crippen LogP contribution in [0.4, 0.5) is 0 Å². The molecule has 0 radical (unpaired) electrons. The third kappa shape index (κ3) is 7.69. The summed E-state index contributed by atoms with van der Waals surface area (Å²) in [6.07, 6.45) is 1.09. The molecule has 22 heavy (non-hydrogen) atoms. The van der Waals surface area contributed by atoms with Gasteiger partial charge in [0.15, 0.2) is 5.78 Å². The Labute approximate surface area is 137 Å². The molecule has 0 aromatic carbocycles. The average molecular weight is 332 g/mol. The van der Waals surface area contributed by atoms with Gasteiger partial charge in [-0.15, -0.1) is 0 Å². The minimum Gasteiger partial charge on any atom is -0.445 e. The van der Waals surface area contributed by atoms with Crippen molar-refractivity contribution in [1.29, 1.82) is 0 Å². The van der Waals surface area contributed by atoms with Gasteiger partial charge in [0.2, 0.25) is 0 Å². The number of ketones is 1. The highest BCUT2D eigenvalue weighted by Crippen LogP contribution is 2.40. The van der Waals surface area contributed by atoms with Gasteiger partial charge in [0.25, 0.3) is 6.47 Å². The molecule has 0 fully saturated rings. The summed E-state index contributed by atoms with van der Waals surface area (Å²) in [6.45, 7) is 18.6. The van der Waals surface area contributed by atoms with E-state index in [1.165, 1.54) is 0 Å². The SMILES string of the molecule is CP(COC(C)(C)C(=O)C(CC(C)(C)C)C(C)(C)C)OC=O. The first-order valence-corrected chi connectivity index (χ1v) is 9.60. The van der Waals surface area contributed by atoms with Crippen molar-refractivity contribution >= 4 is 20.4 Å². The minimum atomic E-state index is -0.986. The molecular weight excluding hydrogens is 299 g/mol. The number of hydrogen-bond donors (Lipinski definition) is 0. The average Bonchev–Trinajstić information content (AvgIpc) is 2.31. The van der Waals surface area contributed by atoms with Crippen molar-refractivity contribution in [2.45, 2.75) is 67.4 Å². The fraction of sp³-hybridized carbons (Fsp3) is 0.882. The quantitative estimate of drug-likeness (QED) is 0.481. The van der Waals surface area contributed by atoms with Gasteiger partial charge in [-0.25, -0.2) is 0 Å². The molecule has 0 aromatic rings. The number of carbonyl (C=O) groups excluding carboxylic acids is 2. The molecule has 0 spiro atoms. The summed E-state index contributed by atoms with van der Waals surface area (Å²) >= 11 is 0. The minimum absolute atomic E-state index is 0.0711. The molecule has 0 aromatic heterocycles. The lowest BCUT2D eigenvalue weighted by Crippen LogP contribution is -2.45. The maximum atomic E-state index is 13.0. The summed E-state index contributed by atoms with van der Waals surface area (Å²) < 4.78 is 10.7. The van der Waals surface area contributed by atoms with Crippen LogP contribution in [-0.4, -0.2) is 30.9 Å². The fourth-order valence-electron chi connectivity index (χ4n) is 2.25. The van der Waals surface area contributed by atoms with Gasteiger partial charge in [0, 0.05) is 5.92 Å². The fourth-order valence-corrected chi connectivity index (χ4v) is 2.96. The molecule has 0 bridgehead atoms. The summed E-state index contributed by atoms with van der Waals surface area (Å²) in [6, 6.07) is 0. The molecule has 0 N–H and O–H groups in total. The van der Waals surface area contributed by atoms with Crippen LogP contribution >= 0.6 is 8.15 Å². The lowest BCUT2D eigenvalue weighted by atomic mass is 9.67. The zero-order valence-electron chi connectivity index (χ0n) is 15.6. The van der Waals surface area contributed by atoms with Crippen LogP contribution in [0.15, 0.2) is 0 Å². The molecule has 4 nitrogen and oxygen atoms in total. The van der Waals surface area contributed by atoms with E-state index in [2.05, 4.69) is 41.5 Å². The second kappa shape index (κ2) is 7.88. The molecule has 2 atom stereocenters. The standard InChI is InChI=1S/C17H33O4P/c1-15(2,3)10-13(16(4,5)6)14(19)17(7,8)20-12-22(9)21-11-18/h11,13H,10,12H2,1-9H3. The van der Waals surface area contributed by atoms with Crippen LogP contribution in [0, 0.1) is 16.7 Å². The summed E-state index contributed by atoms with van der Waals surface area (Å²) in [5.74, 6) is 0.0296. The maximum Gasteiger partial charge on any atom is 0.295 e. The van der Waals surface area contributed by atoms with Gasteiger partial charge in [-0.1, -0.05) is 41.5 Å². The van der Waals surface area contributed by atoms with Gasteiger partial charge in [-0.05, 0) is 37.8 Å². The van der Waals surface area contributed by atoms with Crippen molar-refractivity contribution in [2.75, 3.05) is 13.0 Å². The Balaban J connectivity index is 5.07. The van der Waals surface area contributed by atoms with E-state index < -0.39 is 13.7 Å². The third-order valence-electron chi connectivity index (χ3n) is 3.60. The number of ether oxygens (including phenoxy) is 1. The Bertz CT molecular complexity index is 377. The molecule has 0 rings (SSSR count). The lowest BCUT2D eigenvalue weighted by molar-refractivity contribution is -0.147. The molecule has 0 amide bonds. The molecule has 130 valence electrons. The summed E-state index contributed by atoms with van der Waals surface area (Å²) in [7, 11) is -0.986. The van der Waals surface area contributed by atoms with E-state index in [0.29, 0.717) is 6.47 Å². The number of rotatable bonds is 8. The Kier molecular flexibility index (Phi) is 7.71. The van der Waals surface area contributed by atoms with Gasteiger partial charge in [0.1, 0.15) is 20.1 Å². The van der Waals surface area contributed by atoms with Crippen LogP contribution in [0.1, 0.15) is 61.8 Å². The molecule has 2 unspecified atom stereocenters. The van der Waals surface area contributed by atoms with Crippen LogP contribution in [0.5, 0.6) is 0 Å². The Hall–Kier alpha value is -0.470. The Morgan fingerprint density at radius 2 is 1.59 bits per heavy atom. The Morgan fingerprint density at radius 1 is 1.09 bits per heavy atom. The topological polar surface area (TPSA) is 52.6 Å².